The van der Waals surface area contributed by atoms with Crippen LogP contribution in [0.4, 0.5) is 5.69 Å². The van der Waals surface area contributed by atoms with Gasteiger partial charge < -0.3 is 10.1 Å². The zero-order valence-electron chi connectivity index (χ0n) is 15.3. The first-order valence-corrected chi connectivity index (χ1v) is 9.96. The molecule has 1 N–H and O–H groups in total. The average molecular weight is 412 g/mol. The van der Waals surface area contributed by atoms with Gasteiger partial charge in [0.1, 0.15) is 5.75 Å². The number of carbonyl (C=O) groups excluding carboxylic acids is 1. The van der Waals surface area contributed by atoms with Crippen LogP contribution in [0, 0.1) is 0 Å². The first kappa shape index (κ1) is 18.5. The molecule has 0 spiro atoms. The Balaban J connectivity index is 1.57. The molecule has 0 aliphatic carbocycles. The second-order valence-electron chi connectivity index (χ2n) is 6.78. The molecule has 0 bridgehead atoms. The van der Waals surface area contributed by atoms with Crippen molar-refractivity contribution in [3.8, 4) is 17.0 Å². The standard InChI is InChI=1S/C21H18ClN3O2S/c1-21(2,27-15-9-7-14(22)8-10-15)19(26)23-17-6-4-3-5-16(17)18-13-25-11-12-28-20(25)24-18/h3-13H,1-2H3,(H,23,26). The van der Waals surface area contributed by atoms with Gasteiger partial charge in [0.05, 0.1) is 11.4 Å². The molecule has 0 fully saturated rings. The Morgan fingerprint density at radius 1 is 1.18 bits per heavy atom. The lowest BCUT2D eigenvalue weighted by atomic mass is 10.1. The van der Waals surface area contributed by atoms with Crippen LogP contribution in [-0.4, -0.2) is 20.9 Å². The molecule has 0 atom stereocenters. The second kappa shape index (κ2) is 7.30. The number of benzene rings is 2. The molecule has 1 amide bonds. The van der Waals surface area contributed by atoms with E-state index >= 15 is 0 Å². The van der Waals surface area contributed by atoms with Gasteiger partial charge in [-0.1, -0.05) is 29.8 Å². The first-order chi connectivity index (χ1) is 13.4. The van der Waals surface area contributed by atoms with Gasteiger partial charge in [-0.15, -0.1) is 11.3 Å². The van der Waals surface area contributed by atoms with Crippen molar-refractivity contribution in [3.05, 3.63) is 71.3 Å². The summed E-state index contributed by atoms with van der Waals surface area (Å²) in [4.78, 5) is 18.5. The maximum atomic E-state index is 12.9. The maximum absolute atomic E-state index is 12.9. The van der Waals surface area contributed by atoms with Gasteiger partial charge in [-0.3, -0.25) is 9.20 Å². The van der Waals surface area contributed by atoms with E-state index in [2.05, 4.69) is 10.3 Å². The summed E-state index contributed by atoms with van der Waals surface area (Å²) in [5, 5.41) is 5.58. The van der Waals surface area contributed by atoms with E-state index in [0.717, 1.165) is 16.2 Å². The zero-order chi connectivity index (χ0) is 19.7. The van der Waals surface area contributed by atoms with E-state index in [9.17, 15) is 4.79 Å². The Bertz CT molecular complexity index is 1100. The number of anilines is 1. The normalized spacial score (nSPS) is 11.5. The Hall–Kier alpha value is -2.83. The highest BCUT2D eigenvalue weighted by molar-refractivity contribution is 7.15. The highest BCUT2D eigenvalue weighted by Crippen LogP contribution is 2.30. The molecular formula is C21H18ClN3O2S. The number of thiazole rings is 1. The lowest BCUT2D eigenvalue weighted by Crippen LogP contribution is -2.42. The molecule has 0 unspecified atom stereocenters. The Morgan fingerprint density at radius 3 is 2.68 bits per heavy atom. The van der Waals surface area contributed by atoms with Crippen molar-refractivity contribution < 1.29 is 9.53 Å². The lowest BCUT2D eigenvalue weighted by Gasteiger charge is -2.25. The summed E-state index contributed by atoms with van der Waals surface area (Å²) in [6.07, 6.45) is 3.91. The molecule has 0 aliphatic heterocycles. The quantitative estimate of drug-likeness (QED) is 0.471. The van der Waals surface area contributed by atoms with E-state index in [1.807, 2.05) is 46.4 Å². The molecule has 0 aliphatic rings. The minimum absolute atomic E-state index is 0.254. The van der Waals surface area contributed by atoms with E-state index in [-0.39, 0.29) is 5.91 Å². The van der Waals surface area contributed by atoms with Crippen LogP contribution in [0.2, 0.25) is 5.02 Å². The highest BCUT2D eigenvalue weighted by atomic mass is 35.5. The van der Waals surface area contributed by atoms with Crippen LogP contribution < -0.4 is 10.1 Å². The van der Waals surface area contributed by atoms with Gasteiger partial charge in [0, 0.05) is 28.4 Å². The zero-order valence-corrected chi connectivity index (χ0v) is 16.9. The third-order valence-electron chi connectivity index (χ3n) is 4.28. The fourth-order valence-electron chi connectivity index (χ4n) is 2.79. The largest absolute Gasteiger partial charge is 0.478 e. The van der Waals surface area contributed by atoms with Crippen molar-refractivity contribution in [2.24, 2.45) is 0 Å². The van der Waals surface area contributed by atoms with E-state index in [4.69, 9.17) is 16.3 Å². The van der Waals surface area contributed by atoms with Crippen LogP contribution in [0.1, 0.15) is 13.8 Å². The van der Waals surface area contributed by atoms with E-state index in [0.29, 0.717) is 16.5 Å². The SMILES string of the molecule is CC(C)(Oc1ccc(Cl)cc1)C(=O)Nc1ccccc1-c1cn2ccsc2n1. The van der Waals surface area contributed by atoms with E-state index in [1.54, 1.807) is 49.4 Å². The van der Waals surface area contributed by atoms with Gasteiger partial charge in [0.15, 0.2) is 10.6 Å². The van der Waals surface area contributed by atoms with Crippen molar-refractivity contribution in [1.82, 2.24) is 9.38 Å². The number of fused-ring (bicyclic) bond motifs is 1. The molecule has 142 valence electrons. The number of carbonyl (C=O) groups is 1. The van der Waals surface area contributed by atoms with Gasteiger partial charge in [0.2, 0.25) is 0 Å². The summed E-state index contributed by atoms with van der Waals surface area (Å²) in [6.45, 7) is 3.46. The van der Waals surface area contributed by atoms with Crippen LogP contribution >= 0.6 is 22.9 Å². The number of imidazole rings is 1. The summed E-state index contributed by atoms with van der Waals surface area (Å²) < 4.78 is 7.85. The number of hydrogen-bond donors (Lipinski definition) is 1. The van der Waals surface area contributed by atoms with Crippen molar-refractivity contribution in [2.45, 2.75) is 19.4 Å². The topological polar surface area (TPSA) is 55.6 Å². The second-order valence-corrected chi connectivity index (χ2v) is 8.09. The van der Waals surface area contributed by atoms with Crippen molar-refractivity contribution >= 4 is 39.5 Å². The maximum Gasteiger partial charge on any atom is 0.267 e. The molecule has 5 nitrogen and oxygen atoms in total. The number of nitrogens with zero attached hydrogens (tertiary/aromatic N) is 2. The fourth-order valence-corrected chi connectivity index (χ4v) is 3.62. The minimum atomic E-state index is -1.07. The van der Waals surface area contributed by atoms with Crippen LogP contribution in [0.5, 0.6) is 5.75 Å². The molecule has 4 aromatic rings. The Labute approximate surface area is 171 Å². The summed E-state index contributed by atoms with van der Waals surface area (Å²) >= 11 is 7.47. The molecule has 0 saturated carbocycles. The van der Waals surface area contributed by atoms with Crippen LogP contribution in [0.15, 0.2) is 66.3 Å². The summed E-state index contributed by atoms with van der Waals surface area (Å²) in [5.41, 5.74) is 1.27. The van der Waals surface area contributed by atoms with E-state index < -0.39 is 5.60 Å². The minimum Gasteiger partial charge on any atom is -0.478 e. The molecule has 2 aromatic heterocycles. The molecule has 2 aromatic carbocycles. The van der Waals surface area contributed by atoms with Crippen molar-refractivity contribution in [1.29, 1.82) is 0 Å². The number of para-hydroxylation sites is 1. The predicted molar refractivity (Wildman–Crippen MR) is 113 cm³/mol. The lowest BCUT2D eigenvalue weighted by molar-refractivity contribution is -0.128. The average Bonchev–Trinajstić information content (AvgIpc) is 3.26. The number of amides is 1. The van der Waals surface area contributed by atoms with Crippen LogP contribution in [-0.2, 0) is 4.79 Å². The summed E-state index contributed by atoms with van der Waals surface area (Å²) in [6, 6.07) is 14.5. The Kier molecular flexibility index (Phi) is 4.83. The monoisotopic (exact) mass is 411 g/mol. The number of aromatic nitrogens is 2. The number of ether oxygens (including phenoxy) is 1. The number of rotatable bonds is 5. The third-order valence-corrected chi connectivity index (χ3v) is 5.30. The van der Waals surface area contributed by atoms with Gasteiger partial charge in [-0.2, -0.15) is 0 Å². The molecule has 2 heterocycles. The van der Waals surface area contributed by atoms with Gasteiger partial charge in [-0.25, -0.2) is 4.98 Å². The van der Waals surface area contributed by atoms with Crippen molar-refractivity contribution in [2.75, 3.05) is 5.32 Å². The summed E-state index contributed by atoms with van der Waals surface area (Å²) in [7, 11) is 0. The molecule has 7 heteroatoms. The first-order valence-electron chi connectivity index (χ1n) is 8.70. The van der Waals surface area contributed by atoms with Crippen LogP contribution in [0.25, 0.3) is 16.2 Å². The Morgan fingerprint density at radius 2 is 1.93 bits per heavy atom. The molecule has 28 heavy (non-hydrogen) atoms. The van der Waals surface area contributed by atoms with Crippen LogP contribution in [0.3, 0.4) is 0 Å². The van der Waals surface area contributed by atoms with Gasteiger partial charge in [0.25, 0.3) is 5.91 Å². The fraction of sp³-hybridized carbons (Fsp3) is 0.143. The molecule has 0 radical (unpaired) electrons. The molecular weight excluding hydrogens is 394 g/mol. The van der Waals surface area contributed by atoms with Crippen molar-refractivity contribution in [3.63, 3.8) is 0 Å². The third kappa shape index (κ3) is 3.74. The number of halogens is 1. The molecule has 0 saturated heterocycles. The molecule has 4 rings (SSSR count). The highest BCUT2D eigenvalue weighted by Gasteiger charge is 2.30. The number of nitrogens with one attached hydrogen (secondary N) is 1. The van der Waals surface area contributed by atoms with E-state index in [1.165, 1.54) is 0 Å². The predicted octanol–water partition coefficient (Wildman–Crippen LogP) is 5.51. The smallest absolute Gasteiger partial charge is 0.267 e. The van der Waals surface area contributed by atoms with Gasteiger partial charge in [-0.05, 0) is 44.2 Å². The summed E-state index contributed by atoms with van der Waals surface area (Å²) in [5.74, 6) is 0.322. The van der Waals surface area contributed by atoms with Gasteiger partial charge >= 0.3 is 0 Å². The number of hydrogen-bond acceptors (Lipinski definition) is 4.